The van der Waals surface area contributed by atoms with Crippen LogP contribution in [0.2, 0.25) is 5.02 Å². The predicted octanol–water partition coefficient (Wildman–Crippen LogP) is 0.211. The summed E-state index contributed by atoms with van der Waals surface area (Å²) in [4.78, 5) is 37.0. The van der Waals surface area contributed by atoms with Crippen molar-refractivity contribution in [2.75, 3.05) is 19.7 Å². The van der Waals surface area contributed by atoms with Gasteiger partial charge in [0.1, 0.15) is 6.04 Å². The molecule has 3 atom stereocenters. The van der Waals surface area contributed by atoms with E-state index in [2.05, 4.69) is 16.0 Å². The van der Waals surface area contributed by atoms with Crippen LogP contribution in [0.25, 0.3) is 0 Å². The van der Waals surface area contributed by atoms with Crippen LogP contribution in [-0.4, -0.2) is 54.6 Å². The van der Waals surface area contributed by atoms with E-state index in [1.165, 1.54) is 0 Å². The zero-order valence-corrected chi connectivity index (χ0v) is 17.8. The van der Waals surface area contributed by atoms with Gasteiger partial charge in [0.15, 0.2) is 0 Å². The van der Waals surface area contributed by atoms with Gasteiger partial charge in [-0.05, 0) is 37.0 Å². The summed E-state index contributed by atoms with van der Waals surface area (Å²) in [5, 5.41) is 18.5. The molecule has 1 unspecified atom stereocenters. The standard InChI is InChI=1S/C20H31ClN4O4/c1-4-23-19(28)15(11-26)16(9-13-5-7-14(21)8-6-13)24-20(29)18(12(2)3)25-17(27)10-22/h5-8,12,15-16,18,26H,4,9-11,22H2,1-3H3,(H,23,28)(H,24,29)(H,25,27)/t15?,16-,18-/m0/s1. The van der Waals surface area contributed by atoms with E-state index in [1.54, 1.807) is 45.0 Å². The lowest BCUT2D eigenvalue weighted by Crippen LogP contribution is -2.56. The van der Waals surface area contributed by atoms with Crippen molar-refractivity contribution in [2.45, 2.75) is 39.3 Å². The first-order valence-electron chi connectivity index (χ1n) is 9.66. The van der Waals surface area contributed by atoms with E-state index in [0.29, 0.717) is 18.0 Å². The van der Waals surface area contributed by atoms with Crippen LogP contribution in [0.4, 0.5) is 0 Å². The molecule has 0 saturated heterocycles. The Balaban J connectivity index is 3.10. The smallest absolute Gasteiger partial charge is 0.243 e. The molecule has 0 fully saturated rings. The molecule has 0 spiro atoms. The van der Waals surface area contributed by atoms with Gasteiger partial charge >= 0.3 is 0 Å². The Hall–Kier alpha value is -2.16. The quantitative estimate of drug-likeness (QED) is 0.345. The Morgan fingerprint density at radius 2 is 1.72 bits per heavy atom. The number of nitrogens with two attached hydrogens (primary N) is 1. The second kappa shape index (κ2) is 12.4. The highest BCUT2D eigenvalue weighted by atomic mass is 35.5. The summed E-state index contributed by atoms with van der Waals surface area (Å²) in [6, 6.07) is 5.53. The minimum absolute atomic E-state index is 0.196. The van der Waals surface area contributed by atoms with Crippen LogP contribution >= 0.6 is 11.6 Å². The molecule has 0 radical (unpaired) electrons. The second-order valence-corrected chi connectivity index (χ2v) is 7.56. The highest BCUT2D eigenvalue weighted by Crippen LogP contribution is 2.16. The minimum atomic E-state index is -0.854. The third-order valence-corrected chi connectivity index (χ3v) is 4.77. The third kappa shape index (κ3) is 8.00. The van der Waals surface area contributed by atoms with Gasteiger partial charge in [0.2, 0.25) is 17.7 Å². The Bertz CT molecular complexity index is 682. The number of aliphatic hydroxyl groups is 1. The van der Waals surface area contributed by atoms with Gasteiger partial charge in [0.25, 0.3) is 0 Å². The highest BCUT2D eigenvalue weighted by Gasteiger charge is 2.32. The molecular formula is C20H31ClN4O4. The number of hydrogen-bond donors (Lipinski definition) is 5. The average Bonchev–Trinajstić information content (AvgIpc) is 2.67. The maximum absolute atomic E-state index is 12.9. The van der Waals surface area contributed by atoms with E-state index in [0.717, 1.165) is 5.56 Å². The van der Waals surface area contributed by atoms with E-state index in [4.69, 9.17) is 17.3 Å². The first-order chi connectivity index (χ1) is 13.7. The number of rotatable bonds is 11. The monoisotopic (exact) mass is 426 g/mol. The van der Waals surface area contributed by atoms with Gasteiger partial charge in [0, 0.05) is 17.6 Å². The molecular weight excluding hydrogens is 396 g/mol. The van der Waals surface area contributed by atoms with Crippen molar-refractivity contribution in [2.24, 2.45) is 17.6 Å². The molecule has 1 aromatic rings. The summed E-state index contributed by atoms with van der Waals surface area (Å²) in [6.45, 7) is 5.09. The van der Waals surface area contributed by atoms with Crippen LogP contribution in [0.1, 0.15) is 26.3 Å². The Kier molecular flexibility index (Phi) is 10.6. The fourth-order valence-electron chi connectivity index (χ4n) is 2.91. The van der Waals surface area contributed by atoms with Crippen LogP contribution < -0.4 is 21.7 Å². The van der Waals surface area contributed by atoms with Crippen LogP contribution in [0.15, 0.2) is 24.3 Å². The lowest BCUT2D eigenvalue weighted by molar-refractivity contribution is -0.132. The van der Waals surface area contributed by atoms with E-state index in [1.807, 2.05) is 0 Å². The van der Waals surface area contributed by atoms with Crippen molar-refractivity contribution in [1.29, 1.82) is 0 Å². The van der Waals surface area contributed by atoms with E-state index < -0.39 is 36.4 Å². The number of hydrogen-bond acceptors (Lipinski definition) is 5. The number of carbonyl (C=O) groups is 3. The number of benzene rings is 1. The van der Waals surface area contributed by atoms with E-state index in [9.17, 15) is 19.5 Å². The molecule has 1 rings (SSSR count). The molecule has 8 nitrogen and oxygen atoms in total. The van der Waals surface area contributed by atoms with Crippen molar-refractivity contribution in [1.82, 2.24) is 16.0 Å². The van der Waals surface area contributed by atoms with Gasteiger partial charge in [0.05, 0.1) is 19.1 Å². The Morgan fingerprint density at radius 1 is 1.10 bits per heavy atom. The largest absolute Gasteiger partial charge is 0.395 e. The van der Waals surface area contributed by atoms with Crippen LogP contribution in [0.5, 0.6) is 0 Å². The molecule has 0 aliphatic heterocycles. The molecule has 0 aliphatic rings. The fourth-order valence-corrected chi connectivity index (χ4v) is 3.03. The van der Waals surface area contributed by atoms with Crippen LogP contribution in [-0.2, 0) is 20.8 Å². The van der Waals surface area contributed by atoms with Gasteiger partial charge in [-0.1, -0.05) is 37.6 Å². The molecule has 0 aromatic heterocycles. The SMILES string of the molecule is CCNC(=O)C(CO)[C@H](Cc1ccc(Cl)cc1)NC(=O)[C@@H](NC(=O)CN)C(C)C. The molecule has 0 bridgehead atoms. The van der Waals surface area contributed by atoms with E-state index in [-0.39, 0.29) is 18.4 Å². The summed E-state index contributed by atoms with van der Waals surface area (Å²) in [5.41, 5.74) is 6.18. The third-order valence-electron chi connectivity index (χ3n) is 4.52. The van der Waals surface area contributed by atoms with Gasteiger partial charge in [-0.2, -0.15) is 0 Å². The molecule has 1 aromatic carbocycles. The molecule has 3 amide bonds. The molecule has 0 heterocycles. The summed E-state index contributed by atoms with van der Waals surface area (Å²) >= 11 is 5.93. The highest BCUT2D eigenvalue weighted by molar-refractivity contribution is 6.30. The molecule has 29 heavy (non-hydrogen) atoms. The van der Waals surface area contributed by atoms with Crippen molar-refractivity contribution in [3.63, 3.8) is 0 Å². The summed E-state index contributed by atoms with van der Waals surface area (Å²) < 4.78 is 0. The van der Waals surface area contributed by atoms with Crippen molar-refractivity contribution in [3.8, 4) is 0 Å². The molecule has 0 aliphatic carbocycles. The fraction of sp³-hybridized carbons (Fsp3) is 0.550. The first kappa shape index (κ1) is 24.9. The number of halogens is 1. The topological polar surface area (TPSA) is 134 Å². The van der Waals surface area contributed by atoms with Crippen molar-refractivity contribution in [3.05, 3.63) is 34.9 Å². The first-order valence-corrected chi connectivity index (χ1v) is 10.0. The molecule has 162 valence electrons. The second-order valence-electron chi connectivity index (χ2n) is 7.12. The van der Waals surface area contributed by atoms with E-state index >= 15 is 0 Å². The number of carbonyl (C=O) groups excluding carboxylic acids is 3. The zero-order valence-electron chi connectivity index (χ0n) is 17.1. The van der Waals surface area contributed by atoms with Crippen molar-refractivity contribution < 1.29 is 19.5 Å². The maximum Gasteiger partial charge on any atom is 0.243 e. The molecule has 6 N–H and O–H groups in total. The number of amides is 3. The van der Waals surface area contributed by atoms with Gasteiger partial charge in [-0.15, -0.1) is 0 Å². The van der Waals surface area contributed by atoms with Crippen LogP contribution in [0, 0.1) is 11.8 Å². The lowest BCUT2D eigenvalue weighted by atomic mass is 9.92. The van der Waals surface area contributed by atoms with Gasteiger partial charge < -0.3 is 26.8 Å². The lowest BCUT2D eigenvalue weighted by Gasteiger charge is -2.29. The number of aliphatic hydroxyl groups excluding tert-OH is 1. The van der Waals surface area contributed by atoms with Gasteiger partial charge in [-0.3, -0.25) is 14.4 Å². The molecule has 0 saturated carbocycles. The van der Waals surface area contributed by atoms with Crippen LogP contribution in [0.3, 0.4) is 0 Å². The van der Waals surface area contributed by atoms with Crippen molar-refractivity contribution >= 4 is 29.3 Å². The van der Waals surface area contributed by atoms with Gasteiger partial charge in [-0.25, -0.2) is 0 Å². The summed E-state index contributed by atoms with van der Waals surface area (Å²) in [6.07, 6.45) is 0.306. The summed E-state index contributed by atoms with van der Waals surface area (Å²) in [7, 11) is 0. The Morgan fingerprint density at radius 3 is 2.21 bits per heavy atom. The predicted molar refractivity (Wildman–Crippen MR) is 112 cm³/mol. The molecule has 9 heteroatoms. The average molecular weight is 427 g/mol. The number of nitrogens with one attached hydrogen (secondary N) is 3. The summed E-state index contributed by atoms with van der Waals surface area (Å²) in [5.74, 6) is -2.30. The zero-order chi connectivity index (χ0) is 22.0. The minimum Gasteiger partial charge on any atom is -0.395 e. The normalized spacial score (nSPS) is 14.0. The Labute approximate surface area is 176 Å². The maximum atomic E-state index is 12.9.